The van der Waals surface area contributed by atoms with Gasteiger partial charge in [0.25, 0.3) is 0 Å². The molecule has 54 heavy (non-hydrogen) atoms. The summed E-state index contributed by atoms with van der Waals surface area (Å²) >= 11 is 0. The van der Waals surface area contributed by atoms with Crippen LogP contribution < -0.4 is 31.0 Å². The molecule has 0 unspecified atom stereocenters. The lowest BCUT2D eigenvalue weighted by Crippen LogP contribution is -2.68. The van der Waals surface area contributed by atoms with E-state index in [9.17, 15) is 0 Å². The summed E-state index contributed by atoms with van der Waals surface area (Å²) in [4.78, 5) is 5.30. The van der Waals surface area contributed by atoms with Crippen molar-refractivity contribution >= 4 is 86.6 Å². The highest BCUT2D eigenvalue weighted by Gasteiger charge is 2.51. The van der Waals surface area contributed by atoms with Crippen LogP contribution in [-0.4, -0.2) is 14.9 Å². The minimum Gasteiger partial charge on any atom is -0.456 e. The van der Waals surface area contributed by atoms with Crippen LogP contribution >= 0.6 is 0 Å². The lowest BCUT2D eigenvalue weighted by molar-refractivity contribution is 0.590. The number of hydrogen-bond donors (Lipinski definition) is 0. The quantitative estimate of drug-likeness (QED) is 0.166. The summed E-state index contributed by atoms with van der Waals surface area (Å²) in [6.45, 7) is 14.2. The number of para-hydroxylation sites is 3. The number of nitrogens with zero attached hydrogens (tertiary/aromatic N) is 2. The normalized spacial score (nSPS) is 14.9. The van der Waals surface area contributed by atoms with E-state index in [0.29, 0.717) is 0 Å². The molecular weight excluding hydrogens is 671 g/mol. The van der Waals surface area contributed by atoms with Crippen LogP contribution in [0.25, 0.3) is 44.2 Å². The molecule has 3 aliphatic heterocycles. The summed E-state index contributed by atoms with van der Waals surface area (Å²) in [5.41, 5.74) is 18.5. The monoisotopic (exact) mass is 712 g/mol. The molecule has 11 rings (SSSR count). The Morgan fingerprint density at radius 1 is 0.574 bits per heavy atom. The van der Waals surface area contributed by atoms with Gasteiger partial charge < -0.3 is 14.1 Å². The predicted octanol–water partition coefficient (Wildman–Crippen LogP) is 10.7. The average molecular weight is 713 g/mol. The summed E-state index contributed by atoms with van der Waals surface area (Å²) in [6, 6.07) is 52.4. The molecule has 0 aliphatic carbocycles. The van der Waals surface area contributed by atoms with Crippen LogP contribution in [0.3, 0.4) is 0 Å². The minimum absolute atomic E-state index is 0.00249. The van der Waals surface area contributed by atoms with E-state index in [1.54, 1.807) is 0 Å². The first-order valence-electron chi connectivity index (χ1n) is 19.2. The predicted molar refractivity (Wildman–Crippen MR) is 233 cm³/mol. The SMILES string of the molecule is Cc1cc2c3c(c1)N(c1ccc(C(C)(C)C)cc1-c1ccccc1)c1ccc4oc5ccccc5c4c1B3N1c3ccccc3[Si](C)(C)c3cccc-2c31. The molecule has 0 bridgehead atoms. The Balaban J connectivity index is 1.33. The maximum Gasteiger partial charge on any atom is 0.333 e. The number of benzene rings is 7. The van der Waals surface area contributed by atoms with Gasteiger partial charge in [-0.3, -0.25) is 0 Å². The molecule has 260 valence electrons. The number of fused-ring (bicyclic) bond motifs is 10. The van der Waals surface area contributed by atoms with E-state index in [1.807, 2.05) is 0 Å². The van der Waals surface area contributed by atoms with Crippen molar-refractivity contribution in [3.05, 3.63) is 151 Å². The van der Waals surface area contributed by atoms with E-state index in [2.05, 4.69) is 190 Å². The van der Waals surface area contributed by atoms with Gasteiger partial charge in [0, 0.05) is 44.6 Å². The van der Waals surface area contributed by atoms with Gasteiger partial charge in [0.2, 0.25) is 0 Å². The molecule has 0 saturated heterocycles. The Bertz CT molecular complexity index is 2880. The minimum atomic E-state index is -2.04. The Kier molecular flexibility index (Phi) is 6.40. The van der Waals surface area contributed by atoms with Crippen molar-refractivity contribution < 1.29 is 4.42 Å². The highest BCUT2D eigenvalue weighted by Crippen LogP contribution is 2.51. The Morgan fingerprint density at radius 2 is 1.31 bits per heavy atom. The molecule has 0 radical (unpaired) electrons. The molecule has 0 atom stereocenters. The second-order valence-electron chi connectivity index (χ2n) is 17.0. The number of aryl methyl sites for hydroxylation is 1. The fourth-order valence-electron chi connectivity index (χ4n) is 9.89. The highest BCUT2D eigenvalue weighted by atomic mass is 28.3. The largest absolute Gasteiger partial charge is 0.456 e. The molecule has 0 fully saturated rings. The van der Waals surface area contributed by atoms with E-state index in [1.165, 1.54) is 88.5 Å². The van der Waals surface area contributed by atoms with Gasteiger partial charge in [0.05, 0.1) is 5.69 Å². The number of anilines is 5. The third-order valence-corrected chi connectivity index (χ3v) is 15.9. The number of hydrogen-bond acceptors (Lipinski definition) is 3. The first-order valence-corrected chi connectivity index (χ1v) is 22.2. The summed E-state index contributed by atoms with van der Waals surface area (Å²) in [5.74, 6) is 0. The van der Waals surface area contributed by atoms with Crippen LogP contribution in [-0.2, 0) is 5.41 Å². The van der Waals surface area contributed by atoms with Crippen LogP contribution in [0.5, 0.6) is 0 Å². The van der Waals surface area contributed by atoms with Gasteiger partial charge >= 0.3 is 6.85 Å². The molecule has 0 spiro atoms. The molecule has 8 aromatic rings. The molecule has 1 aromatic heterocycles. The Hall–Kier alpha value is -5.78. The third-order valence-electron chi connectivity index (χ3n) is 12.4. The first kappa shape index (κ1) is 31.7. The van der Waals surface area contributed by atoms with Crippen molar-refractivity contribution in [1.29, 1.82) is 0 Å². The molecule has 0 N–H and O–H groups in total. The smallest absolute Gasteiger partial charge is 0.333 e. The standard InChI is InChI=1S/C49H41BN2OSi/c1-30-27-36-33-18-14-22-44-48(33)52(38-19-11-13-21-43(38)54(44,5)6)50-46(36)40(28-30)51(39-25-26-42-45(47(39)50)34-17-10-12-20-41(34)53-42)37-24-23-32(49(2,3)4)29-35(37)31-15-8-7-9-16-31/h7-29H,1-6H3. The fraction of sp³-hybridized carbons (Fsp3) is 0.143. The number of rotatable bonds is 2. The Labute approximate surface area is 318 Å². The molecular formula is C49H41BN2OSi. The molecule has 3 aliphatic rings. The van der Waals surface area contributed by atoms with Crippen LogP contribution in [0.15, 0.2) is 144 Å². The summed E-state index contributed by atoms with van der Waals surface area (Å²) < 4.78 is 6.70. The van der Waals surface area contributed by atoms with Gasteiger partial charge in [-0.1, -0.05) is 131 Å². The van der Waals surface area contributed by atoms with Gasteiger partial charge in [-0.05, 0) is 98.4 Å². The second kappa shape index (κ2) is 10.9. The molecule has 5 heteroatoms. The fourth-order valence-corrected chi connectivity index (χ4v) is 12.9. The highest BCUT2D eigenvalue weighted by molar-refractivity contribution is 7.05. The van der Waals surface area contributed by atoms with Gasteiger partial charge in [0.15, 0.2) is 0 Å². The van der Waals surface area contributed by atoms with Gasteiger partial charge in [-0.25, -0.2) is 0 Å². The first-order chi connectivity index (χ1) is 26.1. The average Bonchev–Trinajstić information content (AvgIpc) is 3.56. The molecule has 3 nitrogen and oxygen atoms in total. The van der Waals surface area contributed by atoms with Crippen molar-refractivity contribution in [3.63, 3.8) is 0 Å². The molecule has 0 saturated carbocycles. The zero-order chi connectivity index (χ0) is 36.7. The lowest BCUT2D eigenvalue weighted by Gasteiger charge is -2.51. The molecule has 0 amide bonds. The zero-order valence-electron chi connectivity index (χ0n) is 31.7. The maximum atomic E-state index is 6.70. The van der Waals surface area contributed by atoms with E-state index >= 15 is 0 Å². The van der Waals surface area contributed by atoms with Crippen LogP contribution in [0, 0.1) is 6.92 Å². The summed E-state index contributed by atoms with van der Waals surface area (Å²) in [5, 5.41) is 5.35. The van der Waals surface area contributed by atoms with Gasteiger partial charge in [-0.15, -0.1) is 0 Å². The maximum absolute atomic E-state index is 6.70. The topological polar surface area (TPSA) is 19.6 Å². The third kappa shape index (κ3) is 4.19. The van der Waals surface area contributed by atoms with Gasteiger partial charge in [0.1, 0.15) is 19.2 Å². The lowest BCUT2D eigenvalue weighted by atomic mass is 9.42. The van der Waals surface area contributed by atoms with E-state index in [-0.39, 0.29) is 12.3 Å². The molecule has 7 aromatic carbocycles. The van der Waals surface area contributed by atoms with E-state index in [0.717, 1.165) is 16.6 Å². The summed E-state index contributed by atoms with van der Waals surface area (Å²) in [7, 11) is -2.04. The zero-order valence-corrected chi connectivity index (χ0v) is 32.7. The van der Waals surface area contributed by atoms with Crippen molar-refractivity contribution in [3.8, 4) is 22.3 Å². The van der Waals surface area contributed by atoms with Crippen molar-refractivity contribution in [2.45, 2.75) is 46.2 Å². The van der Waals surface area contributed by atoms with Crippen LogP contribution in [0.1, 0.15) is 31.9 Å². The van der Waals surface area contributed by atoms with Crippen LogP contribution in [0.2, 0.25) is 13.1 Å². The van der Waals surface area contributed by atoms with Crippen LogP contribution in [0.4, 0.5) is 28.4 Å². The van der Waals surface area contributed by atoms with E-state index in [4.69, 9.17) is 4.42 Å². The second-order valence-corrected chi connectivity index (χ2v) is 21.3. The molecule has 4 heterocycles. The number of furan rings is 1. The van der Waals surface area contributed by atoms with Crippen molar-refractivity contribution in [2.24, 2.45) is 0 Å². The van der Waals surface area contributed by atoms with Crippen molar-refractivity contribution in [1.82, 2.24) is 0 Å². The summed E-state index contributed by atoms with van der Waals surface area (Å²) in [6.07, 6.45) is 0. The van der Waals surface area contributed by atoms with E-state index < -0.39 is 8.07 Å². The van der Waals surface area contributed by atoms with Crippen molar-refractivity contribution in [2.75, 3.05) is 9.71 Å². The van der Waals surface area contributed by atoms with Gasteiger partial charge in [-0.2, -0.15) is 0 Å². The Morgan fingerprint density at radius 3 is 2.15 bits per heavy atom.